The van der Waals surface area contributed by atoms with Crippen molar-refractivity contribution in [3.63, 3.8) is 0 Å². The van der Waals surface area contributed by atoms with Crippen molar-refractivity contribution in [1.29, 1.82) is 0 Å². The summed E-state index contributed by atoms with van der Waals surface area (Å²) in [6, 6.07) is 10.3. The molecule has 2 aromatic carbocycles. The Morgan fingerprint density at radius 2 is 1.78 bits per heavy atom. The lowest BCUT2D eigenvalue weighted by Crippen LogP contribution is -2.33. The van der Waals surface area contributed by atoms with Crippen molar-refractivity contribution in [1.82, 2.24) is 8.87 Å². The number of carbonyl (C=O) groups excluding carboxylic acids is 1. The Bertz CT molecular complexity index is 1410. The van der Waals surface area contributed by atoms with E-state index in [-0.39, 0.29) is 16.1 Å². The fourth-order valence-electron chi connectivity index (χ4n) is 3.66. The number of rotatable bonds is 12. The lowest BCUT2D eigenvalue weighted by atomic mass is 10.2. The number of amides is 1. The van der Waals surface area contributed by atoms with Crippen LogP contribution in [0.4, 0.5) is 5.69 Å². The maximum Gasteiger partial charge on any atom is 0.279 e. The van der Waals surface area contributed by atoms with E-state index in [1.807, 2.05) is 13.8 Å². The number of nitro benzene ring substituents is 1. The maximum atomic E-state index is 13.2. The summed E-state index contributed by atoms with van der Waals surface area (Å²) in [4.78, 5) is 28.3. The molecule has 0 aliphatic heterocycles. The minimum atomic E-state index is -3.67. The van der Waals surface area contributed by atoms with Crippen LogP contribution in [0.2, 0.25) is 0 Å². The fourth-order valence-corrected chi connectivity index (χ4v) is 6.25. The second-order valence-corrected chi connectivity index (χ2v) is 11.2. The number of aromatic nitrogens is 1. The van der Waals surface area contributed by atoms with E-state index in [0.717, 1.165) is 25.7 Å². The average Bonchev–Trinajstić information content (AvgIpc) is 3.20. The Morgan fingerprint density at radius 3 is 2.33 bits per heavy atom. The summed E-state index contributed by atoms with van der Waals surface area (Å²) in [6.07, 6.45) is 5.00. The third-order valence-corrected chi connectivity index (χ3v) is 8.60. The predicted molar refractivity (Wildman–Crippen MR) is 142 cm³/mol. The highest BCUT2D eigenvalue weighted by Gasteiger charge is 2.24. The van der Waals surface area contributed by atoms with Crippen molar-refractivity contribution >= 4 is 43.2 Å². The molecule has 0 saturated carbocycles. The maximum absolute atomic E-state index is 13.2. The minimum absolute atomic E-state index is 0.0453. The average molecular weight is 531 g/mol. The van der Waals surface area contributed by atoms with Crippen LogP contribution < -0.4 is 4.80 Å². The smallest absolute Gasteiger partial charge is 0.279 e. The van der Waals surface area contributed by atoms with Crippen LogP contribution in [0.25, 0.3) is 10.2 Å². The van der Waals surface area contributed by atoms with Gasteiger partial charge in [0.2, 0.25) is 10.0 Å². The van der Waals surface area contributed by atoms with Gasteiger partial charge in [0.15, 0.2) is 4.80 Å². The van der Waals surface area contributed by atoms with Crippen molar-refractivity contribution < 1.29 is 18.1 Å². The van der Waals surface area contributed by atoms with E-state index in [1.165, 1.54) is 52.0 Å². The van der Waals surface area contributed by atoms with E-state index in [0.29, 0.717) is 34.7 Å². The Labute approximate surface area is 214 Å². The van der Waals surface area contributed by atoms with Crippen LogP contribution >= 0.6 is 11.3 Å². The number of hydrogen-bond donors (Lipinski definition) is 0. The molecule has 0 saturated heterocycles. The van der Waals surface area contributed by atoms with Crippen molar-refractivity contribution in [2.24, 2.45) is 4.99 Å². The molecule has 3 aromatic rings. The lowest BCUT2D eigenvalue weighted by Gasteiger charge is -2.22. The van der Waals surface area contributed by atoms with Gasteiger partial charge in [-0.1, -0.05) is 44.1 Å². The predicted octanol–water partition coefficient (Wildman–Crippen LogP) is 5.13. The molecule has 0 N–H and O–H groups in total. The third-order valence-electron chi connectivity index (χ3n) is 5.65. The number of nitro groups is 1. The molecule has 1 amide bonds. The second kappa shape index (κ2) is 12.2. The molecule has 3 rings (SSSR count). The molecule has 0 bridgehead atoms. The van der Waals surface area contributed by atoms with Gasteiger partial charge < -0.3 is 4.57 Å². The second-order valence-electron chi connectivity index (χ2n) is 8.25. The molecule has 0 aliphatic carbocycles. The van der Waals surface area contributed by atoms with E-state index < -0.39 is 20.9 Å². The van der Waals surface area contributed by atoms with E-state index in [4.69, 9.17) is 0 Å². The topological polar surface area (TPSA) is 115 Å². The number of non-ortho nitro benzene ring substituents is 1. The van der Waals surface area contributed by atoms with Crippen LogP contribution in [0.1, 0.15) is 49.9 Å². The van der Waals surface area contributed by atoms with Gasteiger partial charge in [0.25, 0.3) is 11.6 Å². The van der Waals surface area contributed by atoms with Gasteiger partial charge in [-0.25, -0.2) is 8.42 Å². The highest BCUT2D eigenvalue weighted by molar-refractivity contribution is 7.89. The number of unbranched alkanes of at least 4 members (excludes halogenated alkanes) is 2. The van der Waals surface area contributed by atoms with Crippen LogP contribution in [-0.4, -0.2) is 41.2 Å². The first-order valence-electron chi connectivity index (χ1n) is 11.8. The van der Waals surface area contributed by atoms with E-state index in [2.05, 4.69) is 11.6 Å². The van der Waals surface area contributed by atoms with Gasteiger partial charge in [-0.05, 0) is 43.2 Å². The zero-order valence-electron chi connectivity index (χ0n) is 20.4. The third kappa shape index (κ3) is 6.15. The van der Waals surface area contributed by atoms with Gasteiger partial charge in [-0.3, -0.25) is 14.9 Å². The van der Waals surface area contributed by atoms with Crippen LogP contribution in [0.5, 0.6) is 0 Å². The normalized spacial score (nSPS) is 12.4. The Balaban J connectivity index is 1.94. The summed E-state index contributed by atoms with van der Waals surface area (Å²) < 4.78 is 30.2. The number of carbonyl (C=O) groups is 1. The summed E-state index contributed by atoms with van der Waals surface area (Å²) in [6.45, 7) is 9.07. The van der Waals surface area contributed by atoms with Gasteiger partial charge in [0.1, 0.15) is 0 Å². The Hall–Kier alpha value is -3.15. The first-order chi connectivity index (χ1) is 17.2. The molecule has 192 valence electrons. The molecular formula is C25H30N4O5S2. The molecule has 0 fully saturated rings. The molecule has 0 unspecified atom stereocenters. The number of thiazole rings is 1. The molecular weight excluding hydrogens is 500 g/mol. The van der Waals surface area contributed by atoms with Crippen molar-refractivity contribution in [3.05, 3.63) is 75.6 Å². The Kier molecular flexibility index (Phi) is 9.30. The zero-order valence-corrected chi connectivity index (χ0v) is 22.1. The molecule has 0 radical (unpaired) electrons. The number of benzene rings is 2. The van der Waals surface area contributed by atoms with Crippen LogP contribution in [-0.2, 0) is 16.6 Å². The quantitative estimate of drug-likeness (QED) is 0.183. The van der Waals surface area contributed by atoms with Crippen LogP contribution in [0.3, 0.4) is 0 Å². The molecule has 1 aromatic heterocycles. The van der Waals surface area contributed by atoms with Crippen LogP contribution in [0, 0.1) is 10.1 Å². The summed E-state index contributed by atoms with van der Waals surface area (Å²) in [5.41, 5.74) is 0.907. The summed E-state index contributed by atoms with van der Waals surface area (Å²) in [7, 11) is -3.67. The van der Waals surface area contributed by atoms with Gasteiger partial charge in [-0.15, -0.1) is 6.58 Å². The monoisotopic (exact) mass is 530 g/mol. The minimum Gasteiger partial charge on any atom is -0.312 e. The number of sulfonamides is 1. The standard InChI is InChI=1S/C25H30N4O5S2/c1-4-7-16-27(17-8-5-2)36(33,34)21-12-9-19(10-13-21)24(30)26-25-28(15-6-3)22-14-11-20(29(31)32)18-23(22)35-25/h6,9-14,18H,3-5,7-8,15-17H2,1-2H3. The SMILES string of the molecule is C=CCn1c(=NC(=O)c2ccc(S(=O)(=O)N(CCCC)CCCC)cc2)sc2cc([N+](=O)[O-])ccc21. The van der Waals surface area contributed by atoms with E-state index in [9.17, 15) is 23.3 Å². The lowest BCUT2D eigenvalue weighted by molar-refractivity contribution is -0.384. The first-order valence-corrected chi connectivity index (χ1v) is 14.1. The molecule has 0 aliphatic rings. The highest BCUT2D eigenvalue weighted by atomic mass is 32.2. The number of allylic oxidation sites excluding steroid dienone is 1. The number of fused-ring (bicyclic) bond motifs is 1. The fraction of sp³-hybridized carbons (Fsp3) is 0.360. The molecule has 0 spiro atoms. The molecule has 1 heterocycles. The van der Waals surface area contributed by atoms with Crippen LogP contribution in [0.15, 0.2) is 65.0 Å². The summed E-state index contributed by atoms with van der Waals surface area (Å²) in [5, 5.41) is 11.1. The van der Waals surface area contributed by atoms with Gasteiger partial charge >= 0.3 is 0 Å². The number of nitrogens with zero attached hydrogens (tertiary/aromatic N) is 4. The molecule has 36 heavy (non-hydrogen) atoms. The highest BCUT2D eigenvalue weighted by Crippen LogP contribution is 2.24. The largest absolute Gasteiger partial charge is 0.312 e. The van der Waals surface area contributed by atoms with Crippen molar-refractivity contribution in [2.75, 3.05) is 13.1 Å². The van der Waals surface area contributed by atoms with Gasteiger partial charge in [0.05, 0.1) is 20.0 Å². The van der Waals surface area contributed by atoms with Crippen molar-refractivity contribution in [2.45, 2.75) is 51.0 Å². The van der Waals surface area contributed by atoms with E-state index >= 15 is 0 Å². The molecule has 0 atom stereocenters. The van der Waals surface area contributed by atoms with E-state index in [1.54, 1.807) is 16.7 Å². The summed E-state index contributed by atoms with van der Waals surface area (Å²) >= 11 is 1.17. The summed E-state index contributed by atoms with van der Waals surface area (Å²) in [5.74, 6) is -0.536. The van der Waals surface area contributed by atoms with Gasteiger partial charge in [-0.2, -0.15) is 9.30 Å². The van der Waals surface area contributed by atoms with Gasteiger partial charge in [0, 0.05) is 37.3 Å². The first kappa shape index (κ1) is 27.4. The molecule has 11 heteroatoms. The zero-order chi connectivity index (χ0) is 26.3. The Morgan fingerprint density at radius 1 is 1.14 bits per heavy atom. The van der Waals surface area contributed by atoms with Crippen molar-refractivity contribution in [3.8, 4) is 0 Å². The number of hydrogen-bond acceptors (Lipinski definition) is 6. The molecule has 9 nitrogen and oxygen atoms in total.